The van der Waals surface area contributed by atoms with E-state index in [1.54, 1.807) is 16.8 Å². The summed E-state index contributed by atoms with van der Waals surface area (Å²) in [6, 6.07) is 19.9. The first-order valence-electron chi connectivity index (χ1n) is 10.5. The SMILES string of the molecule is Cc1cc(-c2nnc3c4ccccc4c(OCc4nccn4Cc4ccccc4)nn23)no1. The number of hydrogen-bond acceptors (Lipinski definition) is 7. The lowest BCUT2D eigenvalue weighted by molar-refractivity contribution is 0.279. The second-order valence-electron chi connectivity index (χ2n) is 7.68. The summed E-state index contributed by atoms with van der Waals surface area (Å²) < 4.78 is 15.1. The van der Waals surface area contributed by atoms with Gasteiger partial charge in [0.2, 0.25) is 11.7 Å². The van der Waals surface area contributed by atoms with Gasteiger partial charge in [-0.3, -0.25) is 0 Å². The number of ether oxygens (including phenoxy) is 1. The predicted molar refractivity (Wildman–Crippen MR) is 121 cm³/mol. The third-order valence-electron chi connectivity index (χ3n) is 5.42. The highest BCUT2D eigenvalue weighted by atomic mass is 16.5. The van der Waals surface area contributed by atoms with Crippen LogP contribution in [0.25, 0.3) is 27.9 Å². The lowest BCUT2D eigenvalue weighted by Crippen LogP contribution is -2.09. The van der Waals surface area contributed by atoms with E-state index < -0.39 is 0 Å². The Morgan fingerprint density at radius 1 is 0.970 bits per heavy atom. The van der Waals surface area contributed by atoms with E-state index >= 15 is 0 Å². The molecule has 4 heterocycles. The normalized spacial score (nSPS) is 11.4. The van der Waals surface area contributed by atoms with E-state index in [2.05, 4.69) is 37.0 Å². The van der Waals surface area contributed by atoms with Gasteiger partial charge < -0.3 is 13.8 Å². The van der Waals surface area contributed by atoms with Crippen molar-refractivity contribution in [3.05, 3.63) is 90.2 Å². The molecule has 6 aromatic rings. The number of benzene rings is 2. The molecule has 33 heavy (non-hydrogen) atoms. The highest BCUT2D eigenvalue weighted by Gasteiger charge is 2.18. The van der Waals surface area contributed by atoms with Gasteiger partial charge in [-0.2, -0.15) is 4.52 Å². The van der Waals surface area contributed by atoms with Gasteiger partial charge >= 0.3 is 0 Å². The number of nitrogens with zero attached hydrogens (tertiary/aromatic N) is 7. The third-order valence-corrected chi connectivity index (χ3v) is 5.42. The van der Waals surface area contributed by atoms with Gasteiger partial charge in [-0.25, -0.2) is 4.98 Å². The molecule has 0 aliphatic carbocycles. The Morgan fingerprint density at radius 2 is 1.79 bits per heavy atom. The van der Waals surface area contributed by atoms with Gasteiger partial charge in [-0.05, 0) is 18.6 Å². The number of fused-ring (bicyclic) bond motifs is 3. The molecular formula is C24H19N7O2. The Hall–Kier alpha value is -4.53. The molecule has 6 rings (SSSR count). The van der Waals surface area contributed by atoms with Crippen molar-refractivity contribution in [2.45, 2.75) is 20.1 Å². The first-order chi connectivity index (χ1) is 16.3. The lowest BCUT2D eigenvalue weighted by Gasteiger charge is -2.11. The van der Waals surface area contributed by atoms with Crippen LogP contribution in [0.15, 0.2) is 77.6 Å². The molecule has 0 amide bonds. The fraction of sp³-hybridized carbons (Fsp3) is 0.125. The molecule has 0 saturated carbocycles. The molecule has 0 bridgehead atoms. The van der Waals surface area contributed by atoms with Crippen molar-refractivity contribution in [1.82, 2.24) is 34.5 Å². The summed E-state index contributed by atoms with van der Waals surface area (Å²) in [5.74, 6) is 2.45. The summed E-state index contributed by atoms with van der Waals surface area (Å²) in [6.45, 7) is 2.81. The molecular weight excluding hydrogens is 418 g/mol. The van der Waals surface area contributed by atoms with Gasteiger partial charge in [0.1, 0.15) is 18.2 Å². The highest BCUT2D eigenvalue weighted by molar-refractivity contribution is 5.96. The van der Waals surface area contributed by atoms with Crippen LogP contribution >= 0.6 is 0 Å². The summed E-state index contributed by atoms with van der Waals surface area (Å²) in [5, 5.41) is 19.1. The number of aryl methyl sites for hydroxylation is 1. The highest BCUT2D eigenvalue weighted by Crippen LogP contribution is 2.29. The quantitative estimate of drug-likeness (QED) is 0.388. The minimum atomic E-state index is 0.267. The van der Waals surface area contributed by atoms with E-state index in [9.17, 15) is 0 Å². The molecule has 0 unspecified atom stereocenters. The molecule has 0 N–H and O–H groups in total. The van der Waals surface area contributed by atoms with E-state index in [1.807, 2.05) is 55.6 Å². The fourth-order valence-corrected chi connectivity index (χ4v) is 3.83. The van der Waals surface area contributed by atoms with Crippen LogP contribution in [0.3, 0.4) is 0 Å². The van der Waals surface area contributed by atoms with Crippen LogP contribution in [0.4, 0.5) is 0 Å². The largest absolute Gasteiger partial charge is 0.468 e. The molecule has 0 radical (unpaired) electrons. The zero-order chi connectivity index (χ0) is 22.2. The number of hydrogen-bond donors (Lipinski definition) is 0. The summed E-state index contributed by atoms with van der Waals surface area (Å²) in [5.41, 5.74) is 2.38. The molecule has 0 aliphatic heterocycles. The van der Waals surface area contributed by atoms with Crippen molar-refractivity contribution in [3.8, 4) is 17.4 Å². The maximum Gasteiger partial charge on any atom is 0.240 e. The third kappa shape index (κ3) is 3.49. The van der Waals surface area contributed by atoms with Gasteiger partial charge in [0, 0.05) is 35.8 Å². The van der Waals surface area contributed by atoms with E-state index in [-0.39, 0.29) is 6.61 Å². The second-order valence-corrected chi connectivity index (χ2v) is 7.68. The molecule has 2 aromatic carbocycles. The molecule has 4 aromatic heterocycles. The minimum Gasteiger partial charge on any atom is -0.468 e. The summed E-state index contributed by atoms with van der Waals surface area (Å²) in [4.78, 5) is 4.48. The van der Waals surface area contributed by atoms with Crippen molar-refractivity contribution in [2.75, 3.05) is 0 Å². The maximum absolute atomic E-state index is 6.20. The molecule has 9 heteroatoms. The van der Waals surface area contributed by atoms with Crippen LogP contribution < -0.4 is 4.74 Å². The van der Waals surface area contributed by atoms with Gasteiger partial charge in [-0.15, -0.1) is 15.3 Å². The van der Waals surface area contributed by atoms with Crippen LogP contribution in [0.2, 0.25) is 0 Å². The van der Waals surface area contributed by atoms with E-state index in [0.29, 0.717) is 35.4 Å². The van der Waals surface area contributed by atoms with Crippen molar-refractivity contribution in [2.24, 2.45) is 0 Å². The Bertz CT molecular complexity index is 1570. The molecule has 0 fully saturated rings. The predicted octanol–water partition coefficient (Wildman–Crippen LogP) is 4.06. The second kappa shape index (κ2) is 7.86. The van der Waals surface area contributed by atoms with Crippen LogP contribution in [0, 0.1) is 6.92 Å². The average molecular weight is 437 g/mol. The minimum absolute atomic E-state index is 0.267. The van der Waals surface area contributed by atoms with Crippen LogP contribution in [0.5, 0.6) is 5.88 Å². The van der Waals surface area contributed by atoms with E-state index in [0.717, 1.165) is 16.6 Å². The Labute approximate surface area is 188 Å². The van der Waals surface area contributed by atoms with Gasteiger partial charge in [0.15, 0.2) is 11.3 Å². The monoisotopic (exact) mass is 437 g/mol. The van der Waals surface area contributed by atoms with Crippen LogP contribution in [0.1, 0.15) is 17.1 Å². The van der Waals surface area contributed by atoms with E-state index in [1.165, 1.54) is 5.56 Å². The number of imidazole rings is 1. The van der Waals surface area contributed by atoms with Gasteiger partial charge in [-0.1, -0.05) is 53.7 Å². The molecule has 0 spiro atoms. The Balaban J connectivity index is 1.37. The zero-order valence-electron chi connectivity index (χ0n) is 17.8. The van der Waals surface area contributed by atoms with Crippen molar-refractivity contribution >= 4 is 16.4 Å². The summed E-state index contributed by atoms with van der Waals surface area (Å²) in [6.07, 6.45) is 3.73. The van der Waals surface area contributed by atoms with Crippen LogP contribution in [-0.4, -0.2) is 34.5 Å². The molecule has 9 nitrogen and oxygen atoms in total. The topological polar surface area (TPSA) is 96.2 Å². The fourth-order valence-electron chi connectivity index (χ4n) is 3.83. The lowest BCUT2D eigenvalue weighted by atomic mass is 10.2. The van der Waals surface area contributed by atoms with E-state index in [4.69, 9.17) is 14.4 Å². The molecule has 0 aliphatic rings. The first kappa shape index (κ1) is 19.2. The Morgan fingerprint density at radius 3 is 2.61 bits per heavy atom. The smallest absolute Gasteiger partial charge is 0.240 e. The summed E-state index contributed by atoms with van der Waals surface area (Å²) >= 11 is 0. The van der Waals surface area contributed by atoms with Crippen LogP contribution in [-0.2, 0) is 13.2 Å². The first-order valence-corrected chi connectivity index (χ1v) is 10.5. The molecule has 0 atom stereocenters. The van der Waals surface area contributed by atoms with Crippen molar-refractivity contribution < 1.29 is 9.26 Å². The van der Waals surface area contributed by atoms with Crippen molar-refractivity contribution in [1.29, 1.82) is 0 Å². The average Bonchev–Trinajstić information content (AvgIpc) is 3.58. The zero-order valence-corrected chi connectivity index (χ0v) is 17.8. The van der Waals surface area contributed by atoms with Gasteiger partial charge in [0.25, 0.3) is 0 Å². The maximum atomic E-state index is 6.20. The summed E-state index contributed by atoms with van der Waals surface area (Å²) in [7, 11) is 0. The number of aromatic nitrogens is 7. The van der Waals surface area contributed by atoms with Crippen molar-refractivity contribution in [3.63, 3.8) is 0 Å². The Kier molecular flexibility index (Phi) is 4.57. The number of rotatable bonds is 6. The molecule has 162 valence electrons. The van der Waals surface area contributed by atoms with Gasteiger partial charge in [0.05, 0.1) is 0 Å². The standard InChI is InChI=1S/C24H19N7O2/c1-16-13-20(29-33-16)23-27-26-22-18-9-5-6-10-19(18)24(28-31(22)23)32-15-21-25-11-12-30(21)14-17-7-3-2-4-8-17/h2-13H,14-15H2,1H3. The molecule has 0 saturated heterocycles.